The van der Waals surface area contributed by atoms with Crippen LogP contribution in [0.4, 0.5) is 0 Å². The molecule has 0 aliphatic heterocycles. The third-order valence-corrected chi connectivity index (χ3v) is 4.49. The van der Waals surface area contributed by atoms with E-state index in [1.165, 1.54) is 26.4 Å². The van der Waals surface area contributed by atoms with E-state index in [1.807, 2.05) is 6.92 Å². The second-order valence-electron chi connectivity index (χ2n) is 4.95. The molecule has 0 heterocycles. The standard InChI is InChI=1S/C16H16N4O5S/c1-11-7-9-12(10-8-11)26(21,22)19-16(18-20-17)25-15-13(23-2)5-4-6-14(15)24-3/h4-10H,1-3H3/b19-16-. The van der Waals surface area contributed by atoms with Gasteiger partial charge in [-0.25, -0.2) is 0 Å². The highest BCUT2D eigenvalue weighted by Gasteiger charge is 2.18. The first kappa shape index (κ1) is 19.1. The van der Waals surface area contributed by atoms with Crippen LogP contribution in [-0.2, 0) is 10.0 Å². The van der Waals surface area contributed by atoms with Gasteiger partial charge in [0.25, 0.3) is 16.0 Å². The zero-order valence-corrected chi connectivity index (χ0v) is 15.1. The van der Waals surface area contributed by atoms with E-state index in [0.29, 0.717) is 0 Å². The molecule has 0 saturated carbocycles. The Labute approximate surface area is 150 Å². The third kappa shape index (κ3) is 4.44. The number of para-hydroxylation sites is 1. The smallest absolute Gasteiger partial charge is 0.295 e. The zero-order valence-electron chi connectivity index (χ0n) is 14.3. The van der Waals surface area contributed by atoms with Gasteiger partial charge in [-0.2, -0.15) is 8.42 Å². The van der Waals surface area contributed by atoms with Crippen LogP contribution in [0.1, 0.15) is 5.56 Å². The Bertz CT molecular complexity index is 942. The van der Waals surface area contributed by atoms with E-state index in [1.54, 1.807) is 30.3 Å². The third-order valence-electron chi connectivity index (χ3n) is 3.22. The van der Waals surface area contributed by atoms with Gasteiger partial charge in [0.2, 0.25) is 5.75 Å². The van der Waals surface area contributed by atoms with Crippen molar-refractivity contribution in [2.24, 2.45) is 9.51 Å². The summed E-state index contributed by atoms with van der Waals surface area (Å²) >= 11 is 0. The van der Waals surface area contributed by atoms with Crippen molar-refractivity contribution in [3.8, 4) is 17.2 Å². The van der Waals surface area contributed by atoms with Crippen LogP contribution in [0.25, 0.3) is 10.4 Å². The van der Waals surface area contributed by atoms with Gasteiger partial charge in [-0.3, -0.25) is 0 Å². The minimum absolute atomic E-state index is 0.0303. The fourth-order valence-corrected chi connectivity index (χ4v) is 2.84. The Hall–Kier alpha value is -3.23. The summed E-state index contributed by atoms with van der Waals surface area (Å²) in [6.45, 7) is 1.82. The van der Waals surface area contributed by atoms with E-state index in [2.05, 4.69) is 14.4 Å². The summed E-state index contributed by atoms with van der Waals surface area (Å²) in [5.41, 5.74) is 9.60. The van der Waals surface area contributed by atoms with E-state index in [9.17, 15) is 8.42 Å². The van der Waals surface area contributed by atoms with Crippen LogP contribution in [0.5, 0.6) is 17.2 Å². The molecule has 0 aromatic heterocycles. The predicted molar refractivity (Wildman–Crippen MR) is 95.1 cm³/mol. The van der Waals surface area contributed by atoms with Gasteiger partial charge in [-0.1, -0.05) is 23.8 Å². The van der Waals surface area contributed by atoms with Crippen LogP contribution in [0.3, 0.4) is 0 Å². The summed E-state index contributed by atoms with van der Waals surface area (Å²) in [6.07, 6.45) is 0. The molecule has 0 radical (unpaired) electrons. The van der Waals surface area contributed by atoms with Crippen molar-refractivity contribution < 1.29 is 22.6 Å². The monoisotopic (exact) mass is 376 g/mol. The minimum atomic E-state index is -4.14. The van der Waals surface area contributed by atoms with E-state index in [0.717, 1.165) is 5.56 Å². The second-order valence-corrected chi connectivity index (χ2v) is 6.55. The first-order chi connectivity index (χ1) is 12.4. The van der Waals surface area contributed by atoms with Gasteiger partial charge in [-0.05, 0) is 41.8 Å². The lowest BCUT2D eigenvalue weighted by atomic mass is 10.2. The predicted octanol–water partition coefficient (Wildman–Crippen LogP) is 3.45. The lowest BCUT2D eigenvalue weighted by Crippen LogP contribution is -2.10. The highest BCUT2D eigenvalue weighted by atomic mass is 32.2. The molecule has 10 heteroatoms. The Morgan fingerprint density at radius 2 is 1.62 bits per heavy atom. The number of aryl methyl sites for hydroxylation is 1. The number of rotatable bonds is 5. The Morgan fingerprint density at radius 1 is 1.04 bits per heavy atom. The van der Waals surface area contributed by atoms with E-state index < -0.39 is 16.0 Å². The maximum Gasteiger partial charge on any atom is 0.295 e. The maximum atomic E-state index is 12.4. The summed E-state index contributed by atoms with van der Waals surface area (Å²) in [5, 5.41) is 3.22. The molecule has 0 bridgehead atoms. The number of sulfonamides is 1. The number of methoxy groups -OCH3 is 2. The van der Waals surface area contributed by atoms with Gasteiger partial charge in [0.15, 0.2) is 11.5 Å². The van der Waals surface area contributed by atoms with Crippen LogP contribution in [-0.4, -0.2) is 28.7 Å². The number of hydrogen-bond donors (Lipinski definition) is 0. The van der Waals surface area contributed by atoms with Gasteiger partial charge in [0.05, 0.1) is 19.1 Å². The normalized spacial score (nSPS) is 11.4. The van der Waals surface area contributed by atoms with Crippen LogP contribution in [0, 0.1) is 6.92 Å². The molecule has 26 heavy (non-hydrogen) atoms. The minimum Gasteiger partial charge on any atom is -0.493 e. The SMILES string of the molecule is COc1cccc(OC)c1O/C(N=[N+]=[N-])=N\S(=O)(=O)c1ccc(C)cc1. The number of benzene rings is 2. The Balaban J connectivity index is 2.49. The van der Waals surface area contributed by atoms with Crippen LogP contribution < -0.4 is 14.2 Å². The van der Waals surface area contributed by atoms with Crippen molar-refractivity contribution in [2.75, 3.05) is 14.2 Å². The first-order valence-electron chi connectivity index (χ1n) is 7.27. The molecule has 0 spiro atoms. The summed E-state index contributed by atoms with van der Waals surface area (Å²) in [7, 11) is -1.35. The lowest BCUT2D eigenvalue weighted by molar-refractivity contribution is 0.358. The molecule has 2 aromatic carbocycles. The number of hydrogen-bond acceptors (Lipinski definition) is 5. The molecule has 9 nitrogen and oxygen atoms in total. The van der Waals surface area contributed by atoms with Crippen molar-refractivity contribution in [3.63, 3.8) is 0 Å². The largest absolute Gasteiger partial charge is 0.493 e. The molecule has 0 fully saturated rings. The van der Waals surface area contributed by atoms with Crippen molar-refractivity contribution >= 4 is 16.0 Å². The van der Waals surface area contributed by atoms with E-state index >= 15 is 0 Å². The molecular weight excluding hydrogens is 360 g/mol. The molecule has 0 N–H and O–H groups in total. The summed E-state index contributed by atoms with van der Waals surface area (Å²) in [4.78, 5) is 2.49. The molecule has 0 unspecified atom stereocenters. The van der Waals surface area contributed by atoms with Gasteiger partial charge in [-0.15, -0.1) is 4.40 Å². The fraction of sp³-hybridized carbons (Fsp3) is 0.188. The Morgan fingerprint density at radius 3 is 2.12 bits per heavy atom. The molecule has 0 aliphatic rings. The maximum absolute atomic E-state index is 12.4. The summed E-state index contributed by atoms with van der Waals surface area (Å²) < 4.78 is 44.0. The molecule has 2 aromatic rings. The van der Waals surface area contributed by atoms with E-state index in [4.69, 9.17) is 19.7 Å². The molecule has 0 atom stereocenters. The molecule has 0 amide bonds. The average molecular weight is 376 g/mol. The van der Waals surface area contributed by atoms with Gasteiger partial charge in [0, 0.05) is 4.91 Å². The molecule has 0 saturated heterocycles. The van der Waals surface area contributed by atoms with E-state index in [-0.39, 0.29) is 22.1 Å². The topological polar surface area (TPSA) is 123 Å². The number of azide groups is 1. The van der Waals surface area contributed by atoms with Gasteiger partial charge < -0.3 is 14.2 Å². The van der Waals surface area contributed by atoms with Crippen molar-refractivity contribution in [3.05, 3.63) is 58.5 Å². The second kappa shape index (κ2) is 8.24. The summed E-state index contributed by atoms with van der Waals surface area (Å²) in [6, 6.07) is 10.1. The number of ether oxygens (including phenoxy) is 3. The molecule has 136 valence electrons. The van der Waals surface area contributed by atoms with Crippen molar-refractivity contribution in [2.45, 2.75) is 11.8 Å². The molecular formula is C16H16N4O5S. The van der Waals surface area contributed by atoms with Gasteiger partial charge in [0.1, 0.15) is 0 Å². The summed E-state index contributed by atoms with van der Waals surface area (Å²) in [5.74, 6) is 0.526. The average Bonchev–Trinajstić information content (AvgIpc) is 2.62. The van der Waals surface area contributed by atoms with Crippen LogP contribution in [0.2, 0.25) is 0 Å². The van der Waals surface area contributed by atoms with Crippen LogP contribution in [0.15, 0.2) is 56.9 Å². The van der Waals surface area contributed by atoms with Gasteiger partial charge >= 0.3 is 0 Å². The highest BCUT2D eigenvalue weighted by molar-refractivity contribution is 7.90. The van der Waals surface area contributed by atoms with Crippen LogP contribution >= 0.6 is 0 Å². The number of nitrogens with zero attached hydrogens (tertiary/aromatic N) is 4. The molecule has 2 rings (SSSR count). The van der Waals surface area contributed by atoms with Crippen molar-refractivity contribution in [1.82, 2.24) is 0 Å². The van der Waals surface area contributed by atoms with Crippen molar-refractivity contribution in [1.29, 1.82) is 0 Å². The first-order valence-corrected chi connectivity index (χ1v) is 8.71. The Kier molecular flexibility index (Phi) is 6.05. The number of amidine groups is 1. The lowest BCUT2D eigenvalue weighted by Gasteiger charge is -2.13. The zero-order chi connectivity index (χ0) is 19.2. The quantitative estimate of drug-likeness (QED) is 0.260. The highest BCUT2D eigenvalue weighted by Crippen LogP contribution is 2.37. The fourth-order valence-electron chi connectivity index (χ4n) is 1.97. The molecule has 0 aliphatic carbocycles.